The van der Waals surface area contributed by atoms with E-state index < -0.39 is 11.2 Å². The van der Waals surface area contributed by atoms with E-state index in [-0.39, 0.29) is 11.6 Å². The quantitative estimate of drug-likeness (QED) is 0.827. The molecule has 0 spiro atoms. The summed E-state index contributed by atoms with van der Waals surface area (Å²) in [5, 5.41) is 22.1. The number of benzene rings is 2. The molecule has 0 aliphatic rings. The summed E-state index contributed by atoms with van der Waals surface area (Å²) < 4.78 is 0. The van der Waals surface area contributed by atoms with Gasteiger partial charge >= 0.3 is 0 Å². The van der Waals surface area contributed by atoms with Crippen molar-refractivity contribution in [3.63, 3.8) is 0 Å². The predicted octanol–water partition coefficient (Wildman–Crippen LogP) is 3.21. The minimum absolute atomic E-state index is 0.120. The Morgan fingerprint density at radius 2 is 1.08 bits per heavy atom. The van der Waals surface area contributed by atoms with Crippen molar-refractivity contribution in [2.24, 2.45) is 0 Å². The molecule has 0 saturated carbocycles. The van der Waals surface area contributed by atoms with E-state index >= 15 is 0 Å². The highest BCUT2D eigenvalue weighted by Crippen LogP contribution is 2.40. The van der Waals surface area contributed by atoms with Gasteiger partial charge in [0.2, 0.25) is 0 Å². The molecule has 24 heavy (non-hydrogen) atoms. The van der Waals surface area contributed by atoms with Crippen molar-refractivity contribution in [2.75, 3.05) is 0 Å². The smallest absolute Gasteiger partial charge is 0.159 e. The lowest BCUT2D eigenvalue weighted by atomic mass is 9.75. The van der Waals surface area contributed by atoms with E-state index in [0.717, 1.165) is 0 Å². The van der Waals surface area contributed by atoms with Crippen LogP contribution in [0.15, 0.2) is 48.5 Å². The Hall–Kier alpha value is -2.30. The summed E-state index contributed by atoms with van der Waals surface area (Å²) in [4.78, 5) is 23.2. The van der Waals surface area contributed by atoms with Gasteiger partial charge in [0.15, 0.2) is 11.6 Å². The maximum absolute atomic E-state index is 11.6. The van der Waals surface area contributed by atoms with Crippen LogP contribution in [0.5, 0.6) is 0 Å². The minimum Gasteiger partial charge on any atom is -0.382 e. The Morgan fingerprint density at radius 1 is 0.750 bits per heavy atom. The van der Waals surface area contributed by atoms with E-state index in [1.54, 1.807) is 48.5 Å². The average Bonchev–Trinajstić information content (AvgIpc) is 2.54. The van der Waals surface area contributed by atoms with Gasteiger partial charge in [0.1, 0.15) is 11.2 Å². The van der Waals surface area contributed by atoms with Gasteiger partial charge in [-0.25, -0.2) is 0 Å². The van der Waals surface area contributed by atoms with Gasteiger partial charge in [-0.05, 0) is 51.0 Å². The van der Waals surface area contributed by atoms with Crippen molar-refractivity contribution in [2.45, 2.75) is 38.9 Å². The molecule has 0 aliphatic heterocycles. The van der Waals surface area contributed by atoms with Crippen molar-refractivity contribution in [3.05, 3.63) is 70.8 Å². The fourth-order valence-corrected chi connectivity index (χ4v) is 2.64. The first-order valence-electron chi connectivity index (χ1n) is 7.75. The van der Waals surface area contributed by atoms with Crippen LogP contribution in [0.3, 0.4) is 0 Å². The summed E-state index contributed by atoms with van der Waals surface area (Å²) >= 11 is 0. The van der Waals surface area contributed by atoms with Crippen LogP contribution in [0.1, 0.15) is 59.5 Å². The molecule has 2 aromatic rings. The summed E-state index contributed by atoms with van der Waals surface area (Å²) in [6.07, 6.45) is 0. The van der Waals surface area contributed by atoms with Crippen LogP contribution < -0.4 is 0 Å². The van der Waals surface area contributed by atoms with Gasteiger partial charge in [0.05, 0.1) is 0 Å². The Bertz CT molecular complexity index is 720. The molecule has 0 amide bonds. The lowest BCUT2D eigenvalue weighted by Gasteiger charge is -2.39. The largest absolute Gasteiger partial charge is 0.382 e. The molecule has 0 aliphatic carbocycles. The molecule has 2 rings (SSSR count). The van der Waals surface area contributed by atoms with Crippen LogP contribution in [0.4, 0.5) is 0 Å². The second kappa shape index (κ2) is 6.30. The monoisotopic (exact) mass is 326 g/mol. The second-order valence-corrected chi connectivity index (χ2v) is 6.42. The summed E-state index contributed by atoms with van der Waals surface area (Å²) in [6.45, 7) is 5.88. The van der Waals surface area contributed by atoms with E-state index in [4.69, 9.17) is 0 Å². The third-order valence-corrected chi connectivity index (χ3v) is 4.61. The standard InChI is InChI=1S/C20H22O4/c1-13(21)15-7-5-9-17(11-15)19(3,23)20(4,24)18-10-6-8-16(12-18)14(2)22/h5-12,23-24H,1-4H3. The molecule has 0 fully saturated rings. The molecule has 2 atom stereocenters. The first-order chi connectivity index (χ1) is 11.1. The molecule has 0 heterocycles. The fourth-order valence-electron chi connectivity index (χ4n) is 2.64. The minimum atomic E-state index is -1.66. The lowest BCUT2D eigenvalue weighted by Crippen LogP contribution is -2.45. The normalized spacial score (nSPS) is 16.1. The zero-order chi connectivity index (χ0) is 18.1. The number of hydrogen-bond donors (Lipinski definition) is 2. The SMILES string of the molecule is CC(=O)c1cccc(C(C)(O)C(C)(O)c2cccc(C(C)=O)c2)c1. The molecule has 126 valence electrons. The number of carbonyl (C=O) groups is 2. The topological polar surface area (TPSA) is 74.6 Å². The molecule has 2 aromatic carbocycles. The summed E-state index contributed by atoms with van der Waals surface area (Å²) in [5.41, 5.74) is -1.55. The number of ketones is 2. The number of Topliss-reactive ketones (excluding diaryl/α,β-unsaturated/α-hetero) is 2. The van der Waals surface area contributed by atoms with Crippen molar-refractivity contribution >= 4 is 11.6 Å². The zero-order valence-corrected chi connectivity index (χ0v) is 14.3. The lowest BCUT2D eigenvalue weighted by molar-refractivity contribution is -0.143. The van der Waals surface area contributed by atoms with E-state index in [2.05, 4.69) is 0 Å². The van der Waals surface area contributed by atoms with E-state index in [0.29, 0.717) is 22.3 Å². The predicted molar refractivity (Wildman–Crippen MR) is 92.0 cm³/mol. The molecule has 2 unspecified atom stereocenters. The summed E-state index contributed by atoms with van der Waals surface area (Å²) in [5.74, 6) is -0.239. The van der Waals surface area contributed by atoms with Gasteiger partial charge in [0, 0.05) is 11.1 Å². The number of hydrogen-bond acceptors (Lipinski definition) is 4. The van der Waals surface area contributed by atoms with Crippen molar-refractivity contribution in [1.29, 1.82) is 0 Å². The van der Waals surface area contributed by atoms with Crippen LogP contribution >= 0.6 is 0 Å². The van der Waals surface area contributed by atoms with Crippen molar-refractivity contribution in [1.82, 2.24) is 0 Å². The molecule has 0 bridgehead atoms. The maximum atomic E-state index is 11.6. The molecule has 0 aromatic heterocycles. The van der Waals surface area contributed by atoms with Crippen LogP contribution in [0.25, 0.3) is 0 Å². The second-order valence-electron chi connectivity index (χ2n) is 6.42. The molecule has 0 saturated heterocycles. The third kappa shape index (κ3) is 3.16. The average molecular weight is 326 g/mol. The van der Waals surface area contributed by atoms with Gasteiger partial charge < -0.3 is 10.2 Å². The van der Waals surface area contributed by atoms with Gasteiger partial charge in [-0.2, -0.15) is 0 Å². The molecule has 2 N–H and O–H groups in total. The summed E-state index contributed by atoms with van der Waals surface area (Å²) in [6, 6.07) is 13.1. The number of aliphatic hydroxyl groups is 2. The maximum Gasteiger partial charge on any atom is 0.159 e. The zero-order valence-electron chi connectivity index (χ0n) is 14.3. The van der Waals surface area contributed by atoms with Gasteiger partial charge in [-0.3, -0.25) is 9.59 Å². The highest BCUT2D eigenvalue weighted by atomic mass is 16.4. The van der Waals surface area contributed by atoms with Crippen LogP contribution in [0, 0.1) is 0 Å². The van der Waals surface area contributed by atoms with Crippen molar-refractivity contribution in [3.8, 4) is 0 Å². The highest BCUT2D eigenvalue weighted by Gasteiger charge is 2.44. The van der Waals surface area contributed by atoms with E-state index in [9.17, 15) is 19.8 Å². The van der Waals surface area contributed by atoms with E-state index in [1.807, 2.05) is 0 Å². The highest BCUT2D eigenvalue weighted by molar-refractivity contribution is 5.94. The molecular weight excluding hydrogens is 304 g/mol. The van der Waals surface area contributed by atoms with Gasteiger partial charge in [-0.1, -0.05) is 36.4 Å². The van der Waals surface area contributed by atoms with Crippen molar-refractivity contribution < 1.29 is 19.8 Å². The van der Waals surface area contributed by atoms with Crippen LogP contribution in [0.2, 0.25) is 0 Å². The molecule has 4 nitrogen and oxygen atoms in total. The van der Waals surface area contributed by atoms with Crippen LogP contribution in [-0.2, 0) is 11.2 Å². The van der Waals surface area contributed by atoms with Gasteiger partial charge in [0.25, 0.3) is 0 Å². The Morgan fingerprint density at radius 3 is 1.38 bits per heavy atom. The molecule has 4 heteroatoms. The number of rotatable bonds is 5. The summed E-state index contributed by atoms with van der Waals surface area (Å²) in [7, 11) is 0. The molecule has 0 radical (unpaired) electrons. The fraction of sp³-hybridized carbons (Fsp3) is 0.300. The molecular formula is C20H22O4. The van der Waals surface area contributed by atoms with Gasteiger partial charge in [-0.15, -0.1) is 0 Å². The first kappa shape index (κ1) is 18.0. The Labute approximate surface area is 141 Å². The van der Waals surface area contributed by atoms with Crippen LogP contribution in [-0.4, -0.2) is 21.8 Å². The Balaban J connectivity index is 2.54. The first-order valence-corrected chi connectivity index (χ1v) is 7.75. The Kier molecular flexibility index (Phi) is 4.74. The van der Waals surface area contributed by atoms with E-state index in [1.165, 1.54) is 27.7 Å². The third-order valence-electron chi connectivity index (χ3n) is 4.61. The number of carbonyl (C=O) groups excluding carboxylic acids is 2.